The van der Waals surface area contributed by atoms with Gasteiger partial charge in [-0.25, -0.2) is 0 Å². The maximum Gasteiger partial charge on any atom is 0.316 e. The highest BCUT2D eigenvalue weighted by atomic mass is 16.5. The quantitative estimate of drug-likeness (QED) is 0.255. The molecule has 124 valence electrons. The summed E-state index contributed by atoms with van der Waals surface area (Å²) < 4.78 is 5.03. The van der Waals surface area contributed by atoms with Crippen LogP contribution >= 0.6 is 0 Å². The van der Waals surface area contributed by atoms with E-state index in [1.54, 1.807) is 6.92 Å². The first-order chi connectivity index (χ1) is 10.2. The van der Waals surface area contributed by atoms with E-state index in [-0.39, 0.29) is 11.8 Å². The SMILES string of the molecule is CCCCCCCCCCC(C(=O)CCC)C(=O)OCC. The molecule has 0 spiro atoms. The Morgan fingerprint density at radius 2 is 1.38 bits per heavy atom. The highest BCUT2D eigenvalue weighted by Gasteiger charge is 2.26. The van der Waals surface area contributed by atoms with E-state index >= 15 is 0 Å². The molecule has 0 radical (unpaired) electrons. The number of hydrogen-bond donors (Lipinski definition) is 0. The van der Waals surface area contributed by atoms with Crippen molar-refractivity contribution >= 4 is 11.8 Å². The Morgan fingerprint density at radius 1 is 0.810 bits per heavy atom. The Bertz CT molecular complexity index is 256. The highest BCUT2D eigenvalue weighted by Crippen LogP contribution is 2.17. The number of hydrogen-bond acceptors (Lipinski definition) is 3. The van der Waals surface area contributed by atoms with E-state index in [4.69, 9.17) is 4.74 Å². The van der Waals surface area contributed by atoms with E-state index < -0.39 is 5.92 Å². The van der Waals surface area contributed by atoms with Crippen LogP contribution in [0.1, 0.15) is 91.4 Å². The summed E-state index contributed by atoms with van der Waals surface area (Å²) in [5.74, 6) is -0.789. The number of ether oxygens (including phenoxy) is 1. The Morgan fingerprint density at radius 3 is 1.90 bits per heavy atom. The van der Waals surface area contributed by atoms with Crippen molar-refractivity contribution in [1.29, 1.82) is 0 Å². The second-order valence-corrected chi connectivity index (χ2v) is 5.78. The van der Waals surface area contributed by atoms with Crippen LogP contribution in [0.3, 0.4) is 0 Å². The maximum atomic E-state index is 12.0. The van der Waals surface area contributed by atoms with Crippen molar-refractivity contribution in [3.05, 3.63) is 0 Å². The first-order valence-corrected chi connectivity index (χ1v) is 8.86. The van der Waals surface area contributed by atoms with Crippen molar-refractivity contribution in [3.63, 3.8) is 0 Å². The van der Waals surface area contributed by atoms with Crippen LogP contribution in [0.15, 0.2) is 0 Å². The van der Waals surface area contributed by atoms with Gasteiger partial charge in [0.2, 0.25) is 0 Å². The number of rotatable bonds is 14. The van der Waals surface area contributed by atoms with Crippen molar-refractivity contribution in [2.24, 2.45) is 5.92 Å². The summed E-state index contributed by atoms with van der Waals surface area (Å²) in [6.07, 6.45) is 11.7. The molecule has 0 aliphatic heterocycles. The lowest BCUT2D eigenvalue weighted by Crippen LogP contribution is -2.26. The van der Waals surface area contributed by atoms with Crippen LogP contribution in [0.5, 0.6) is 0 Å². The van der Waals surface area contributed by atoms with Crippen LogP contribution < -0.4 is 0 Å². The fourth-order valence-corrected chi connectivity index (χ4v) is 2.56. The lowest BCUT2D eigenvalue weighted by Gasteiger charge is -2.14. The Kier molecular flexibility index (Phi) is 13.5. The van der Waals surface area contributed by atoms with Crippen LogP contribution in [0.4, 0.5) is 0 Å². The molecule has 0 bridgehead atoms. The fourth-order valence-electron chi connectivity index (χ4n) is 2.56. The van der Waals surface area contributed by atoms with Gasteiger partial charge < -0.3 is 4.74 Å². The van der Waals surface area contributed by atoms with E-state index in [9.17, 15) is 9.59 Å². The normalized spacial score (nSPS) is 12.1. The number of esters is 1. The molecule has 0 aromatic heterocycles. The second kappa shape index (κ2) is 14.1. The van der Waals surface area contributed by atoms with Crippen LogP contribution in [0, 0.1) is 5.92 Å². The Labute approximate surface area is 130 Å². The fraction of sp³-hybridized carbons (Fsp3) is 0.889. The summed E-state index contributed by atoms with van der Waals surface area (Å²) in [5, 5.41) is 0. The number of carbonyl (C=O) groups excluding carboxylic acids is 2. The highest BCUT2D eigenvalue weighted by molar-refractivity contribution is 5.98. The van der Waals surface area contributed by atoms with Gasteiger partial charge in [0.25, 0.3) is 0 Å². The van der Waals surface area contributed by atoms with Crippen LogP contribution in [0.2, 0.25) is 0 Å². The summed E-state index contributed by atoms with van der Waals surface area (Å²) in [6, 6.07) is 0. The summed E-state index contributed by atoms with van der Waals surface area (Å²) in [5.41, 5.74) is 0. The molecular formula is C18H34O3. The zero-order valence-electron chi connectivity index (χ0n) is 14.3. The minimum Gasteiger partial charge on any atom is -0.465 e. The number of Topliss-reactive ketones (excluding diaryl/α,β-unsaturated/α-hetero) is 1. The van der Waals surface area contributed by atoms with Gasteiger partial charge in [-0.2, -0.15) is 0 Å². The van der Waals surface area contributed by atoms with Gasteiger partial charge in [-0.1, -0.05) is 65.2 Å². The van der Waals surface area contributed by atoms with Gasteiger partial charge in [0.05, 0.1) is 6.61 Å². The van der Waals surface area contributed by atoms with Crippen LogP contribution in [-0.2, 0) is 14.3 Å². The van der Waals surface area contributed by atoms with Crippen molar-refractivity contribution < 1.29 is 14.3 Å². The van der Waals surface area contributed by atoms with Crippen molar-refractivity contribution in [3.8, 4) is 0 Å². The molecule has 1 atom stereocenters. The molecule has 3 heteroatoms. The third kappa shape index (κ3) is 10.5. The first kappa shape index (κ1) is 20.1. The van der Waals surface area contributed by atoms with Crippen molar-refractivity contribution in [1.82, 2.24) is 0 Å². The lowest BCUT2D eigenvalue weighted by atomic mass is 9.94. The molecule has 1 unspecified atom stereocenters. The lowest BCUT2D eigenvalue weighted by molar-refractivity contribution is -0.151. The third-order valence-electron chi connectivity index (χ3n) is 3.80. The van der Waals surface area contributed by atoms with Gasteiger partial charge in [-0.05, 0) is 19.8 Å². The molecule has 0 saturated carbocycles. The van der Waals surface area contributed by atoms with Gasteiger partial charge >= 0.3 is 5.97 Å². The maximum absolute atomic E-state index is 12.0. The molecule has 0 saturated heterocycles. The molecule has 0 heterocycles. The summed E-state index contributed by atoms with van der Waals surface area (Å²) >= 11 is 0. The second-order valence-electron chi connectivity index (χ2n) is 5.78. The van der Waals surface area contributed by atoms with E-state index in [2.05, 4.69) is 6.92 Å². The standard InChI is InChI=1S/C18H34O3/c1-4-7-8-9-10-11-12-13-15-16(17(19)14-5-2)18(20)21-6-3/h16H,4-15H2,1-3H3. The monoisotopic (exact) mass is 298 g/mol. The van der Waals surface area contributed by atoms with E-state index in [1.807, 2.05) is 6.92 Å². The van der Waals surface area contributed by atoms with Gasteiger partial charge in [-0.15, -0.1) is 0 Å². The Balaban J connectivity index is 3.90. The minimum atomic E-state index is -0.523. The largest absolute Gasteiger partial charge is 0.465 e. The average Bonchev–Trinajstić information content (AvgIpc) is 2.46. The average molecular weight is 298 g/mol. The van der Waals surface area contributed by atoms with E-state index in [0.717, 1.165) is 19.3 Å². The zero-order valence-corrected chi connectivity index (χ0v) is 14.3. The number of unbranched alkanes of at least 4 members (excludes halogenated alkanes) is 7. The molecule has 0 aromatic carbocycles. The predicted octanol–water partition coefficient (Wildman–Crippen LogP) is 5.07. The molecule has 0 N–H and O–H groups in total. The minimum absolute atomic E-state index is 0.0545. The van der Waals surface area contributed by atoms with Gasteiger partial charge in [0, 0.05) is 6.42 Å². The molecule has 0 amide bonds. The molecule has 0 rings (SSSR count). The van der Waals surface area contributed by atoms with Gasteiger partial charge in [0.1, 0.15) is 11.7 Å². The van der Waals surface area contributed by atoms with Crippen LogP contribution in [-0.4, -0.2) is 18.4 Å². The Hall–Kier alpha value is -0.860. The van der Waals surface area contributed by atoms with E-state index in [0.29, 0.717) is 19.4 Å². The first-order valence-electron chi connectivity index (χ1n) is 8.86. The smallest absolute Gasteiger partial charge is 0.316 e. The molecular weight excluding hydrogens is 264 g/mol. The number of carbonyl (C=O) groups is 2. The molecule has 0 fully saturated rings. The third-order valence-corrected chi connectivity index (χ3v) is 3.80. The molecule has 0 aromatic rings. The van der Waals surface area contributed by atoms with Crippen molar-refractivity contribution in [2.45, 2.75) is 91.4 Å². The zero-order chi connectivity index (χ0) is 15.9. The number of ketones is 1. The van der Waals surface area contributed by atoms with E-state index in [1.165, 1.54) is 38.5 Å². The summed E-state index contributed by atoms with van der Waals surface area (Å²) in [7, 11) is 0. The van der Waals surface area contributed by atoms with Crippen LogP contribution in [0.25, 0.3) is 0 Å². The van der Waals surface area contributed by atoms with Crippen molar-refractivity contribution in [2.75, 3.05) is 6.61 Å². The van der Waals surface area contributed by atoms with Gasteiger partial charge in [0.15, 0.2) is 0 Å². The predicted molar refractivity (Wildman–Crippen MR) is 87.3 cm³/mol. The molecule has 21 heavy (non-hydrogen) atoms. The topological polar surface area (TPSA) is 43.4 Å². The molecule has 0 aliphatic rings. The summed E-state index contributed by atoms with van der Waals surface area (Å²) in [4.78, 5) is 23.9. The summed E-state index contributed by atoms with van der Waals surface area (Å²) in [6.45, 7) is 6.33. The molecule has 3 nitrogen and oxygen atoms in total. The molecule has 0 aliphatic carbocycles. The van der Waals surface area contributed by atoms with Gasteiger partial charge in [-0.3, -0.25) is 9.59 Å².